The maximum absolute atomic E-state index is 5.97. The first kappa shape index (κ1) is 13.6. The highest BCUT2D eigenvalue weighted by Crippen LogP contribution is 2.41. The van der Waals surface area contributed by atoms with E-state index < -0.39 is 0 Å². The summed E-state index contributed by atoms with van der Waals surface area (Å²) >= 11 is 0. The fourth-order valence-corrected chi connectivity index (χ4v) is 3.41. The third kappa shape index (κ3) is 2.22. The van der Waals surface area contributed by atoms with Crippen molar-refractivity contribution in [2.75, 3.05) is 13.1 Å². The highest BCUT2D eigenvalue weighted by atomic mass is 15.5. The highest BCUT2D eigenvalue weighted by Gasteiger charge is 2.29. The number of nitrogens with two attached hydrogens (primary N) is 1. The molecule has 2 aliphatic rings. The topological polar surface area (TPSA) is 54.5 Å². The van der Waals surface area contributed by atoms with Crippen LogP contribution in [0.25, 0.3) is 0 Å². The molecule has 2 heterocycles. The van der Waals surface area contributed by atoms with Gasteiger partial charge in [0.1, 0.15) is 5.84 Å². The van der Waals surface area contributed by atoms with Gasteiger partial charge in [0.25, 0.3) is 0 Å². The molecule has 4 heteroatoms. The smallest absolute Gasteiger partial charge is 0.146 e. The Morgan fingerprint density at radius 1 is 1.35 bits per heavy atom. The molecule has 0 amide bonds. The summed E-state index contributed by atoms with van der Waals surface area (Å²) < 4.78 is 0. The standard InChI is InChI=1S/C16H24N4/c1-10(2)13-5-4-11(3)14-8-12(9-19-15(13)14)16-18-6-7-20(16)17/h8-11,13H,4-7,17H2,1-3H3/t11?,13-/m0/s1. The molecule has 1 aromatic heterocycles. The Hall–Kier alpha value is -1.42. The second kappa shape index (κ2) is 5.17. The zero-order valence-electron chi connectivity index (χ0n) is 12.6. The second-order valence-corrected chi connectivity index (χ2v) is 6.43. The van der Waals surface area contributed by atoms with Crippen molar-refractivity contribution >= 4 is 5.84 Å². The van der Waals surface area contributed by atoms with Crippen molar-refractivity contribution in [2.45, 2.75) is 45.4 Å². The maximum Gasteiger partial charge on any atom is 0.146 e. The molecule has 1 aliphatic heterocycles. The summed E-state index contributed by atoms with van der Waals surface area (Å²) in [6.45, 7) is 8.48. The molecule has 2 atom stereocenters. The van der Waals surface area contributed by atoms with Crippen molar-refractivity contribution in [3.63, 3.8) is 0 Å². The number of aliphatic imine (C=N–C) groups is 1. The van der Waals surface area contributed by atoms with E-state index in [1.54, 1.807) is 5.01 Å². The lowest BCUT2D eigenvalue weighted by atomic mass is 9.75. The van der Waals surface area contributed by atoms with E-state index in [0.29, 0.717) is 17.8 Å². The number of pyridine rings is 1. The Bertz CT molecular complexity index is 535. The number of aromatic nitrogens is 1. The lowest BCUT2D eigenvalue weighted by Crippen LogP contribution is -2.35. The van der Waals surface area contributed by atoms with E-state index in [9.17, 15) is 0 Å². The zero-order valence-corrected chi connectivity index (χ0v) is 12.6. The van der Waals surface area contributed by atoms with Crippen LogP contribution < -0.4 is 5.84 Å². The van der Waals surface area contributed by atoms with E-state index in [2.05, 4.69) is 31.8 Å². The van der Waals surface area contributed by atoms with E-state index >= 15 is 0 Å². The van der Waals surface area contributed by atoms with Gasteiger partial charge >= 0.3 is 0 Å². The van der Waals surface area contributed by atoms with Crippen LogP contribution in [0.2, 0.25) is 0 Å². The lowest BCUT2D eigenvalue weighted by Gasteiger charge is -2.31. The summed E-state index contributed by atoms with van der Waals surface area (Å²) in [7, 11) is 0. The van der Waals surface area contributed by atoms with Gasteiger partial charge in [-0.15, -0.1) is 0 Å². The lowest BCUT2D eigenvalue weighted by molar-refractivity contribution is 0.400. The fourth-order valence-electron chi connectivity index (χ4n) is 3.41. The molecule has 108 valence electrons. The molecule has 3 rings (SSSR count). The number of hydrogen-bond donors (Lipinski definition) is 1. The van der Waals surface area contributed by atoms with Crippen LogP contribution in [0.1, 0.15) is 62.3 Å². The first-order chi connectivity index (χ1) is 9.58. The molecular weight excluding hydrogens is 248 g/mol. The quantitative estimate of drug-likeness (QED) is 0.842. The molecule has 0 radical (unpaired) electrons. The van der Waals surface area contributed by atoms with E-state index in [0.717, 1.165) is 24.5 Å². The minimum atomic E-state index is 0.584. The van der Waals surface area contributed by atoms with Gasteiger partial charge in [0, 0.05) is 23.4 Å². The molecule has 0 saturated carbocycles. The van der Waals surface area contributed by atoms with Crippen molar-refractivity contribution in [1.82, 2.24) is 9.99 Å². The van der Waals surface area contributed by atoms with Crippen LogP contribution in [-0.2, 0) is 0 Å². The number of hydrogen-bond acceptors (Lipinski definition) is 4. The normalized spacial score (nSPS) is 25.9. The van der Waals surface area contributed by atoms with Crippen LogP contribution in [0.4, 0.5) is 0 Å². The highest BCUT2D eigenvalue weighted by molar-refractivity contribution is 5.99. The summed E-state index contributed by atoms with van der Waals surface area (Å²) in [6, 6.07) is 2.27. The number of nitrogens with zero attached hydrogens (tertiary/aromatic N) is 3. The number of rotatable bonds is 2. The SMILES string of the molecule is CC1CC[C@@H](C(C)C)c2ncc(C3=NCCN3N)cc21. The Balaban J connectivity index is 2.01. The van der Waals surface area contributed by atoms with Crippen molar-refractivity contribution in [3.8, 4) is 0 Å². The molecular formula is C16H24N4. The molecule has 2 N–H and O–H groups in total. The average Bonchev–Trinajstić information content (AvgIpc) is 2.85. The van der Waals surface area contributed by atoms with Gasteiger partial charge in [-0.25, -0.2) is 5.84 Å². The molecule has 1 unspecified atom stereocenters. The predicted octanol–water partition coefficient (Wildman–Crippen LogP) is 2.65. The van der Waals surface area contributed by atoms with Gasteiger partial charge in [-0.05, 0) is 36.3 Å². The number of amidine groups is 1. The van der Waals surface area contributed by atoms with Crippen LogP contribution in [0.3, 0.4) is 0 Å². The van der Waals surface area contributed by atoms with Crippen LogP contribution >= 0.6 is 0 Å². The molecule has 20 heavy (non-hydrogen) atoms. The Kier molecular flexibility index (Phi) is 3.50. The molecule has 4 nitrogen and oxygen atoms in total. The molecule has 1 aromatic rings. The van der Waals surface area contributed by atoms with Gasteiger partial charge in [0.2, 0.25) is 0 Å². The van der Waals surface area contributed by atoms with Crippen molar-refractivity contribution in [1.29, 1.82) is 0 Å². The van der Waals surface area contributed by atoms with E-state index in [-0.39, 0.29) is 0 Å². The summed E-state index contributed by atoms with van der Waals surface area (Å²) in [6.07, 6.45) is 4.46. The summed E-state index contributed by atoms with van der Waals surface area (Å²) in [5.74, 6) is 8.68. The van der Waals surface area contributed by atoms with Gasteiger partial charge < -0.3 is 0 Å². The Morgan fingerprint density at radius 2 is 2.15 bits per heavy atom. The maximum atomic E-state index is 5.97. The molecule has 0 fully saturated rings. The molecule has 0 saturated heterocycles. The van der Waals surface area contributed by atoms with Gasteiger partial charge in [-0.1, -0.05) is 20.8 Å². The minimum absolute atomic E-state index is 0.584. The minimum Gasteiger partial charge on any atom is -0.293 e. The third-order valence-electron chi connectivity index (χ3n) is 4.68. The summed E-state index contributed by atoms with van der Waals surface area (Å²) in [4.78, 5) is 9.28. The van der Waals surface area contributed by atoms with Crippen molar-refractivity contribution < 1.29 is 0 Å². The monoisotopic (exact) mass is 272 g/mol. The van der Waals surface area contributed by atoms with E-state index in [4.69, 9.17) is 10.8 Å². The third-order valence-corrected chi connectivity index (χ3v) is 4.68. The molecule has 0 aromatic carbocycles. The number of hydrazine groups is 1. The Morgan fingerprint density at radius 3 is 2.80 bits per heavy atom. The van der Waals surface area contributed by atoms with Crippen LogP contribution in [0, 0.1) is 5.92 Å². The van der Waals surface area contributed by atoms with Gasteiger partial charge in [0.05, 0.1) is 13.1 Å². The summed E-state index contributed by atoms with van der Waals surface area (Å²) in [5.41, 5.74) is 3.76. The van der Waals surface area contributed by atoms with Crippen molar-refractivity contribution in [3.05, 3.63) is 29.1 Å². The van der Waals surface area contributed by atoms with E-state index in [1.807, 2.05) is 6.20 Å². The Labute approximate surface area is 121 Å². The van der Waals surface area contributed by atoms with E-state index in [1.165, 1.54) is 24.1 Å². The first-order valence-electron chi connectivity index (χ1n) is 7.64. The molecule has 0 spiro atoms. The largest absolute Gasteiger partial charge is 0.293 e. The van der Waals surface area contributed by atoms with Crippen LogP contribution in [-0.4, -0.2) is 28.9 Å². The van der Waals surface area contributed by atoms with Gasteiger partial charge in [0.15, 0.2) is 0 Å². The van der Waals surface area contributed by atoms with Gasteiger partial charge in [-0.2, -0.15) is 0 Å². The molecule has 1 aliphatic carbocycles. The van der Waals surface area contributed by atoms with Crippen LogP contribution in [0.5, 0.6) is 0 Å². The number of fused-ring (bicyclic) bond motifs is 1. The van der Waals surface area contributed by atoms with Gasteiger partial charge in [-0.3, -0.25) is 15.0 Å². The zero-order chi connectivity index (χ0) is 14.3. The first-order valence-corrected chi connectivity index (χ1v) is 7.64. The molecule has 0 bridgehead atoms. The van der Waals surface area contributed by atoms with Crippen molar-refractivity contribution in [2.24, 2.45) is 16.8 Å². The second-order valence-electron chi connectivity index (χ2n) is 6.43. The average molecular weight is 272 g/mol. The predicted molar refractivity (Wildman–Crippen MR) is 81.8 cm³/mol. The van der Waals surface area contributed by atoms with Crippen LogP contribution in [0.15, 0.2) is 17.3 Å². The fraction of sp³-hybridized carbons (Fsp3) is 0.625. The summed E-state index contributed by atoms with van der Waals surface area (Å²) in [5, 5.41) is 1.73.